The van der Waals surface area contributed by atoms with Gasteiger partial charge < -0.3 is 4.90 Å². The maximum atomic E-state index is 13.3. The number of benzene rings is 1. The number of carbonyl (C=O) groups is 1. The van der Waals surface area contributed by atoms with Gasteiger partial charge in [-0.15, -0.1) is 0 Å². The molecule has 28 heavy (non-hydrogen) atoms. The van der Waals surface area contributed by atoms with Gasteiger partial charge in [-0.3, -0.25) is 9.48 Å². The molecule has 1 fully saturated rings. The second kappa shape index (κ2) is 7.00. The number of aryl methyl sites for hydroxylation is 3. The summed E-state index contributed by atoms with van der Waals surface area (Å²) < 4.78 is 29.8. The molecule has 0 spiro atoms. The number of rotatable bonds is 3. The zero-order valence-corrected chi connectivity index (χ0v) is 17.4. The fourth-order valence-corrected chi connectivity index (χ4v) is 5.86. The van der Waals surface area contributed by atoms with Crippen molar-refractivity contribution in [3.05, 3.63) is 46.3 Å². The first kappa shape index (κ1) is 19.1. The second-order valence-corrected chi connectivity index (χ2v) is 9.66. The molecule has 0 atom stereocenters. The number of nitrogens with zero attached hydrogens (tertiary/aromatic N) is 4. The summed E-state index contributed by atoms with van der Waals surface area (Å²) in [6.45, 7) is 5.83. The van der Waals surface area contributed by atoms with E-state index in [0.29, 0.717) is 23.6 Å². The minimum atomic E-state index is -3.63. The molecule has 1 aromatic carbocycles. The van der Waals surface area contributed by atoms with E-state index in [0.717, 1.165) is 48.3 Å². The zero-order valence-electron chi connectivity index (χ0n) is 16.6. The number of likely N-dealkylation sites (tertiary alicyclic amines) is 1. The smallest absolute Gasteiger partial charge is 0.274 e. The minimum Gasteiger partial charge on any atom is -0.337 e. The number of carbonyl (C=O) groups excluding carboxylic acids is 1. The highest BCUT2D eigenvalue weighted by Gasteiger charge is 2.35. The van der Waals surface area contributed by atoms with E-state index in [1.54, 1.807) is 10.7 Å². The molecule has 0 radical (unpaired) electrons. The first-order chi connectivity index (χ1) is 13.3. The van der Waals surface area contributed by atoms with Gasteiger partial charge in [-0.1, -0.05) is 17.7 Å². The van der Waals surface area contributed by atoms with E-state index in [2.05, 4.69) is 5.10 Å². The highest BCUT2D eigenvalue weighted by molar-refractivity contribution is 7.89. The maximum absolute atomic E-state index is 13.3. The van der Waals surface area contributed by atoms with Crippen molar-refractivity contribution in [3.63, 3.8) is 0 Å². The van der Waals surface area contributed by atoms with Gasteiger partial charge in [0, 0.05) is 50.9 Å². The molecule has 7 nitrogen and oxygen atoms in total. The lowest BCUT2D eigenvalue weighted by molar-refractivity contribution is 0.0784. The van der Waals surface area contributed by atoms with Crippen molar-refractivity contribution in [1.29, 1.82) is 0 Å². The molecular formula is C20H26N4O3S. The Morgan fingerprint density at radius 2 is 1.82 bits per heavy atom. The largest absolute Gasteiger partial charge is 0.337 e. The van der Waals surface area contributed by atoms with Gasteiger partial charge in [0.05, 0.1) is 4.90 Å². The Morgan fingerprint density at radius 1 is 1.11 bits per heavy atom. The molecule has 3 heterocycles. The Kier molecular flexibility index (Phi) is 4.79. The van der Waals surface area contributed by atoms with Gasteiger partial charge in [0.15, 0.2) is 5.69 Å². The van der Waals surface area contributed by atoms with Crippen LogP contribution in [0.3, 0.4) is 0 Å². The highest BCUT2D eigenvalue weighted by Crippen LogP contribution is 2.29. The molecule has 0 N–H and O–H groups in total. The van der Waals surface area contributed by atoms with E-state index in [4.69, 9.17) is 0 Å². The monoisotopic (exact) mass is 402 g/mol. The normalized spacial score (nSPS) is 17.8. The fourth-order valence-electron chi connectivity index (χ4n) is 4.24. The SMILES string of the molecule is Cc1ccc(S(=O)(=O)N2CCc3c(c(C(=O)N4CCCC4)nn3C)C2)c(C)c1. The van der Waals surface area contributed by atoms with E-state index >= 15 is 0 Å². The molecule has 150 valence electrons. The van der Waals surface area contributed by atoms with Crippen LogP contribution in [0.1, 0.15) is 45.7 Å². The molecule has 0 unspecified atom stereocenters. The minimum absolute atomic E-state index is 0.0832. The quantitative estimate of drug-likeness (QED) is 0.787. The summed E-state index contributed by atoms with van der Waals surface area (Å²) in [5, 5.41) is 4.46. The Balaban J connectivity index is 1.68. The summed E-state index contributed by atoms with van der Waals surface area (Å²) in [5.41, 5.74) is 3.88. The van der Waals surface area contributed by atoms with Crippen LogP contribution in [0.4, 0.5) is 0 Å². The van der Waals surface area contributed by atoms with Crippen molar-refractivity contribution in [1.82, 2.24) is 19.0 Å². The summed E-state index contributed by atoms with van der Waals surface area (Å²) in [6.07, 6.45) is 2.57. The molecule has 1 amide bonds. The number of sulfonamides is 1. The highest BCUT2D eigenvalue weighted by atomic mass is 32.2. The fraction of sp³-hybridized carbons (Fsp3) is 0.500. The van der Waals surface area contributed by atoms with Crippen molar-refractivity contribution < 1.29 is 13.2 Å². The van der Waals surface area contributed by atoms with Crippen LogP contribution in [0.5, 0.6) is 0 Å². The third-order valence-electron chi connectivity index (χ3n) is 5.75. The first-order valence-corrected chi connectivity index (χ1v) is 11.1. The van der Waals surface area contributed by atoms with Crippen molar-refractivity contribution >= 4 is 15.9 Å². The van der Waals surface area contributed by atoms with Crippen LogP contribution in [0.2, 0.25) is 0 Å². The predicted molar refractivity (Wildman–Crippen MR) is 106 cm³/mol. The third kappa shape index (κ3) is 3.14. The molecular weight excluding hydrogens is 376 g/mol. The first-order valence-electron chi connectivity index (χ1n) is 9.70. The van der Waals surface area contributed by atoms with Crippen LogP contribution in [-0.2, 0) is 30.0 Å². The predicted octanol–water partition coefficient (Wildman–Crippen LogP) is 2.02. The lowest BCUT2D eigenvalue weighted by atomic mass is 10.1. The lowest BCUT2D eigenvalue weighted by Gasteiger charge is -2.28. The maximum Gasteiger partial charge on any atom is 0.274 e. The topological polar surface area (TPSA) is 75.5 Å². The summed E-state index contributed by atoms with van der Waals surface area (Å²) in [6, 6.07) is 5.38. The Bertz CT molecular complexity index is 1040. The molecule has 0 saturated carbocycles. The summed E-state index contributed by atoms with van der Waals surface area (Å²) in [4.78, 5) is 15.1. The van der Waals surface area contributed by atoms with E-state index in [-0.39, 0.29) is 12.5 Å². The number of hydrogen-bond donors (Lipinski definition) is 0. The number of fused-ring (bicyclic) bond motifs is 1. The van der Waals surface area contributed by atoms with Gasteiger partial charge in [-0.25, -0.2) is 8.42 Å². The van der Waals surface area contributed by atoms with Crippen LogP contribution >= 0.6 is 0 Å². The Hall–Kier alpha value is -2.19. The van der Waals surface area contributed by atoms with E-state index in [9.17, 15) is 13.2 Å². The molecule has 1 aromatic heterocycles. The van der Waals surface area contributed by atoms with Crippen LogP contribution in [0.15, 0.2) is 23.1 Å². The average molecular weight is 403 g/mol. The molecule has 2 aliphatic rings. The molecule has 0 aliphatic carbocycles. The summed E-state index contributed by atoms with van der Waals surface area (Å²) >= 11 is 0. The van der Waals surface area contributed by atoms with Crippen LogP contribution < -0.4 is 0 Å². The Labute approximate surface area is 166 Å². The van der Waals surface area contributed by atoms with Crippen LogP contribution in [0.25, 0.3) is 0 Å². The Morgan fingerprint density at radius 3 is 2.50 bits per heavy atom. The number of aromatic nitrogens is 2. The van der Waals surface area contributed by atoms with Crippen molar-refractivity contribution in [2.75, 3.05) is 19.6 Å². The second-order valence-electron chi connectivity index (χ2n) is 7.75. The van der Waals surface area contributed by atoms with Crippen molar-refractivity contribution in [2.24, 2.45) is 7.05 Å². The summed E-state index contributed by atoms with van der Waals surface area (Å²) in [5.74, 6) is -0.0832. The van der Waals surface area contributed by atoms with E-state index in [1.165, 1.54) is 4.31 Å². The third-order valence-corrected chi connectivity index (χ3v) is 7.76. The molecule has 4 rings (SSSR count). The van der Waals surface area contributed by atoms with E-state index < -0.39 is 10.0 Å². The average Bonchev–Trinajstić information content (AvgIpc) is 3.29. The van der Waals surface area contributed by atoms with Gasteiger partial charge in [-0.05, 0) is 38.3 Å². The number of hydrogen-bond acceptors (Lipinski definition) is 4. The van der Waals surface area contributed by atoms with Crippen LogP contribution in [0, 0.1) is 13.8 Å². The molecule has 2 aliphatic heterocycles. The van der Waals surface area contributed by atoms with Gasteiger partial charge in [0.1, 0.15) is 0 Å². The van der Waals surface area contributed by atoms with Gasteiger partial charge >= 0.3 is 0 Å². The molecule has 0 bridgehead atoms. The molecule has 1 saturated heterocycles. The standard InChI is InChI=1S/C20H26N4O3S/c1-14-6-7-18(15(2)12-14)28(26,27)24-11-8-17-16(13-24)19(21-22(17)3)20(25)23-9-4-5-10-23/h6-7,12H,4-5,8-11,13H2,1-3H3. The van der Waals surface area contributed by atoms with Gasteiger partial charge in [0.25, 0.3) is 5.91 Å². The van der Waals surface area contributed by atoms with Crippen molar-refractivity contribution in [2.45, 2.75) is 44.6 Å². The molecule has 8 heteroatoms. The van der Waals surface area contributed by atoms with Gasteiger partial charge in [-0.2, -0.15) is 9.40 Å². The molecule has 2 aromatic rings. The number of amides is 1. The lowest BCUT2D eigenvalue weighted by Crippen LogP contribution is -2.37. The summed E-state index contributed by atoms with van der Waals surface area (Å²) in [7, 11) is -1.81. The van der Waals surface area contributed by atoms with Crippen molar-refractivity contribution in [3.8, 4) is 0 Å². The van der Waals surface area contributed by atoms with E-state index in [1.807, 2.05) is 37.9 Å². The van der Waals surface area contributed by atoms with Gasteiger partial charge in [0.2, 0.25) is 10.0 Å². The van der Waals surface area contributed by atoms with Crippen LogP contribution in [-0.4, -0.2) is 52.9 Å². The zero-order chi connectivity index (χ0) is 20.1.